The standard InChI is InChI=1S/C14H21N3O3/c1-3-8-17(9-13(15)18)10-14(19)16-11-6-4-5-7-12(11)20-2/h4-7H,3,8-10H2,1-2H3,(H2,15,18)(H,16,19)/p+1. The average Bonchev–Trinajstić information content (AvgIpc) is 2.38. The van der Waals surface area contributed by atoms with E-state index in [-0.39, 0.29) is 19.0 Å². The highest BCUT2D eigenvalue weighted by Gasteiger charge is 2.16. The van der Waals surface area contributed by atoms with Crippen LogP contribution < -0.4 is 20.7 Å². The Labute approximate surface area is 118 Å². The Morgan fingerprint density at radius 2 is 2.00 bits per heavy atom. The van der Waals surface area contributed by atoms with Crippen LogP contribution in [0.3, 0.4) is 0 Å². The lowest BCUT2D eigenvalue weighted by atomic mass is 10.3. The number of hydrogen-bond donors (Lipinski definition) is 3. The predicted molar refractivity (Wildman–Crippen MR) is 76.7 cm³/mol. The summed E-state index contributed by atoms with van der Waals surface area (Å²) in [5.41, 5.74) is 5.81. The molecule has 0 spiro atoms. The van der Waals surface area contributed by atoms with Crippen molar-refractivity contribution in [1.29, 1.82) is 0 Å². The second-order valence-corrected chi connectivity index (χ2v) is 4.57. The van der Waals surface area contributed by atoms with E-state index in [2.05, 4.69) is 5.32 Å². The first-order valence-corrected chi connectivity index (χ1v) is 6.61. The number of methoxy groups -OCH3 is 1. The zero-order chi connectivity index (χ0) is 15.0. The van der Waals surface area contributed by atoms with Crippen LogP contribution in [0, 0.1) is 0 Å². The third-order valence-corrected chi connectivity index (χ3v) is 2.82. The van der Waals surface area contributed by atoms with Gasteiger partial charge in [0.05, 0.1) is 19.3 Å². The fourth-order valence-corrected chi connectivity index (χ4v) is 2.01. The minimum Gasteiger partial charge on any atom is -0.495 e. The summed E-state index contributed by atoms with van der Waals surface area (Å²) in [5.74, 6) is 0.0329. The van der Waals surface area contributed by atoms with Gasteiger partial charge in [0.15, 0.2) is 13.1 Å². The number of hydrogen-bond acceptors (Lipinski definition) is 3. The molecule has 0 fully saturated rings. The van der Waals surface area contributed by atoms with Gasteiger partial charge in [-0.3, -0.25) is 9.59 Å². The molecule has 0 aliphatic heterocycles. The minimum atomic E-state index is -0.404. The zero-order valence-electron chi connectivity index (χ0n) is 11.9. The Hall–Kier alpha value is -2.08. The van der Waals surface area contributed by atoms with Crippen molar-refractivity contribution >= 4 is 17.5 Å². The molecule has 1 aromatic rings. The molecule has 1 unspecified atom stereocenters. The molecule has 0 heterocycles. The largest absolute Gasteiger partial charge is 0.495 e. The summed E-state index contributed by atoms with van der Waals surface area (Å²) in [7, 11) is 1.55. The molecule has 1 aromatic carbocycles. The first-order valence-electron chi connectivity index (χ1n) is 6.61. The monoisotopic (exact) mass is 280 g/mol. The SMILES string of the molecule is CCC[NH+](CC(N)=O)CC(=O)Nc1ccccc1OC. The van der Waals surface area contributed by atoms with Gasteiger partial charge in [0.25, 0.3) is 11.8 Å². The first-order chi connectivity index (χ1) is 9.56. The van der Waals surface area contributed by atoms with E-state index in [0.29, 0.717) is 11.4 Å². The molecule has 0 aromatic heterocycles. The van der Waals surface area contributed by atoms with Crippen LogP contribution in [0.5, 0.6) is 5.75 Å². The average molecular weight is 280 g/mol. The summed E-state index contributed by atoms with van der Waals surface area (Å²) in [6.45, 7) is 3.09. The van der Waals surface area contributed by atoms with Gasteiger partial charge in [-0.15, -0.1) is 0 Å². The molecule has 0 radical (unpaired) electrons. The maximum atomic E-state index is 12.0. The molecular weight excluding hydrogens is 258 g/mol. The Balaban J connectivity index is 2.62. The fraction of sp³-hybridized carbons (Fsp3) is 0.429. The second-order valence-electron chi connectivity index (χ2n) is 4.57. The number of rotatable bonds is 8. The van der Waals surface area contributed by atoms with Crippen molar-refractivity contribution in [3.05, 3.63) is 24.3 Å². The topological polar surface area (TPSA) is 85.9 Å². The molecule has 110 valence electrons. The van der Waals surface area contributed by atoms with Gasteiger partial charge in [-0.1, -0.05) is 19.1 Å². The number of amides is 2. The molecule has 20 heavy (non-hydrogen) atoms. The molecule has 4 N–H and O–H groups in total. The van der Waals surface area contributed by atoms with E-state index < -0.39 is 5.91 Å². The molecule has 1 rings (SSSR count). The summed E-state index contributed by atoms with van der Waals surface area (Å²) in [6.07, 6.45) is 0.880. The molecule has 0 bridgehead atoms. The van der Waals surface area contributed by atoms with Crippen molar-refractivity contribution in [3.63, 3.8) is 0 Å². The molecule has 6 nitrogen and oxygen atoms in total. The third-order valence-electron chi connectivity index (χ3n) is 2.82. The van der Waals surface area contributed by atoms with Gasteiger partial charge < -0.3 is 20.7 Å². The highest BCUT2D eigenvalue weighted by Crippen LogP contribution is 2.22. The Morgan fingerprint density at radius 3 is 2.60 bits per heavy atom. The van der Waals surface area contributed by atoms with Crippen molar-refractivity contribution < 1.29 is 19.2 Å². The zero-order valence-corrected chi connectivity index (χ0v) is 11.9. The molecule has 0 aliphatic rings. The van der Waals surface area contributed by atoms with Crippen molar-refractivity contribution in [2.75, 3.05) is 32.1 Å². The number of anilines is 1. The van der Waals surface area contributed by atoms with Gasteiger partial charge in [0.2, 0.25) is 0 Å². The number of ether oxygens (including phenoxy) is 1. The number of benzene rings is 1. The van der Waals surface area contributed by atoms with E-state index in [1.165, 1.54) is 0 Å². The molecule has 1 atom stereocenters. The quantitative estimate of drug-likeness (QED) is 0.595. The van der Waals surface area contributed by atoms with E-state index in [0.717, 1.165) is 17.9 Å². The van der Waals surface area contributed by atoms with Crippen LogP contribution in [-0.4, -0.2) is 38.6 Å². The van der Waals surface area contributed by atoms with Crippen LogP contribution in [0.4, 0.5) is 5.69 Å². The molecule has 0 aliphatic carbocycles. The predicted octanol–water partition coefficient (Wildman–Crippen LogP) is -0.586. The summed E-state index contributed by atoms with van der Waals surface area (Å²) in [4.78, 5) is 23.8. The highest BCUT2D eigenvalue weighted by atomic mass is 16.5. The van der Waals surface area contributed by atoms with Gasteiger partial charge in [-0.2, -0.15) is 0 Å². The van der Waals surface area contributed by atoms with E-state index in [1.54, 1.807) is 19.2 Å². The summed E-state index contributed by atoms with van der Waals surface area (Å²) < 4.78 is 5.17. The third kappa shape index (κ3) is 5.27. The number of quaternary nitrogens is 1. The molecular formula is C14H22N3O3+. The number of nitrogens with two attached hydrogens (primary N) is 1. The van der Waals surface area contributed by atoms with Gasteiger partial charge in [0, 0.05) is 0 Å². The fourth-order valence-electron chi connectivity index (χ4n) is 2.01. The molecule has 6 heteroatoms. The van der Waals surface area contributed by atoms with Crippen LogP contribution in [0.1, 0.15) is 13.3 Å². The lowest BCUT2D eigenvalue weighted by Crippen LogP contribution is -3.14. The smallest absolute Gasteiger partial charge is 0.279 e. The van der Waals surface area contributed by atoms with Crippen molar-refractivity contribution in [2.45, 2.75) is 13.3 Å². The number of carbonyl (C=O) groups is 2. The number of carbonyl (C=O) groups excluding carboxylic acids is 2. The van der Waals surface area contributed by atoms with Gasteiger partial charge >= 0.3 is 0 Å². The maximum Gasteiger partial charge on any atom is 0.279 e. The van der Waals surface area contributed by atoms with E-state index in [1.807, 2.05) is 19.1 Å². The van der Waals surface area contributed by atoms with Crippen LogP contribution in [0.2, 0.25) is 0 Å². The normalized spacial score (nSPS) is 11.7. The lowest BCUT2D eigenvalue weighted by Gasteiger charge is -2.17. The summed E-state index contributed by atoms with van der Waals surface area (Å²) in [5, 5.41) is 2.79. The van der Waals surface area contributed by atoms with E-state index in [4.69, 9.17) is 10.5 Å². The molecule has 0 saturated heterocycles. The molecule has 2 amide bonds. The maximum absolute atomic E-state index is 12.0. The van der Waals surface area contributed by atoms with Crippen LogP contribution in [-0.2, 0) is 9.59 Å². The first kappa shape index (κ1) is 16.0. The van der Waals surface area contributed by atoms with Crippen molar-refractivity contribution in [2.24, 2.45) is 5.73 Å². The Morgan fingerprint density at radius 1 is 1.30 bits per heavy atom. The summed E-state index contributed by atoms with van der Waals surface area (Å²) >= 11 is 0. The van der Waals surface area contributed by atoms with Crippen molar-refractivity contribution in [3.8, 4) is 5.75 Å². The van der Waals surface area contributed by atoms with Gasteiger partial charge in [-0.25, -0.2) is 0 Å². The van der Waals surface area contributed by atoms with Crippen LogP contribution >= 0.6 is 0 Å². The Kier molecular flexibility index (Phi) is 6.52. The van der Waals surface area contributed by atoms with Gasteiger partial charge in [0.1, 0.15) is 5.75 Å². The number of para-hydroxylation sites is 2. The second kappa shape index (κ2) is 8.16. The minimum absolute atomic E-state index is 0.160. The van der Waals surface area contributed by atoms with Crippen molar-refractivity contribution in [1.82, 2.24) is 0 Å². The highest BCUT2D eigenvalue weighted by molar-refractivity contribution is 5.93. The van der Waals surface area contributed by atoms with Crippen LogP contribution in [0.15, 0.2) is 24.3 Å². The number of primary amides is 1. The number of nitrogens with one attached hydrogen (secondary N) is 2. The lowest BCUT2D eigenvalue weighted by molar-refractivity contribution is -0.883. The van der Waals surface area contributed by atoms with Crippen LogP contribution in [0.25, 0.3) is 0 Å². The molecule has 0 saturated carbocycles. The Bertz CT molecular complexity index is 463. The van der Waals surface area contributed by atoms with E-state index in [9.17, 15) is 9.59 Å². The van der Waals surface area contributed by atoms with Gasteiger partial charge in [-0.05, 0) is 18.6 Å². The summed E-state index contributed by atoms with van der Waals surface area (Å²) in [6, 6.07) is 7.19. The van der Waals surface area contributed by atoms with E-state index >= 15 is 0 Å².